The van der Waals surface area contributed by atoms with Crippen LogP contribution in [0, 0.1) is 11.3 Å². The largest absolute Gasteiger partial charge is 0.396 e. The van der Waals surface area contributed by atoms with Crippen LogP contribution in [-0.2, 0) is 4.79 Å². The summed E-state index contributed by atoms with van der Waals surface area (Å²) >= 11 is 0. The first kappa shape index (κ1) is 18.0. The van der Waals surface area contributed by atoms with Gasteiger partial charge in [0.25, 0.3) is 0 Å². The highest BCUT2D eigenvalue weighted by Crippen LogP contribution is 2.47. The molecular formula is C20H31NO2. The summed E-state index contributed by atoms with van der Waals surface area (Å²) in [7, 11) is 0. The molecule has 2 rings (SSSR count). The molecule has 2 atom stereocenters. The zero-order chi connectivity index (χ0) is 17.0. The lowest BCUT2D eigenvalue weighted by atomic mass is 9.89. The lowest BCUT2D eigenvalue weighted by Gasteiger charge is -2.21. The van der Waals surface area contributed by atoms with Gasteiger partial charge in [-0.05, 0) is 47.6 Å². The second-order valence-electron chi connectivity index (χ2n) is 7.99. The van der Waals surface area contributed by atoms with Gasteiger partial charge >= 0.3 is 0 Å². The molecule has 0 radical (unpaired) electrons. The Bertz CT molecular complexity index is 519. The van der Waals surface area contributed by atoms with Crippen molar-refractivity contribution in [2.45, 2.75) is 58.8 Å². The molecule has 2 unspecified atom stereocenters. The van der Waals surface area contributed by atoms with Gasteiger partial charge < -0.3 is 10.4 Å². The summed E-state index contributed by atoms with van der Waals surface area (Å²) in [6.45, 7) is 9.38. The standard InChI is InChI=1S/C20H31NO2/c1-14(2)15-6-8-16(9-7-15)17-12-18(17)19(23)21-11-5-10-20(3,4)13-22/h6-9,14,17-18,22H,5,10-13H2,1-4H3,(H,21,23). The third-order valence-corrected chi connectivity index (χ3v) is 4.92. The number of aliphatic hydroxyl groups is 1. The van der Waals surface area contributed by atoms with Crippen LogP contribution in [0.5, 0.6) is 0 Å². The number of rotatable bonds is 8. The van der Waals surface area contributed by atoms with Crippen molar-refractivity contribution >= 4 is 5.91 Å². The number of amides is 1. The van der Waals surface area contributed by atoms with Crippen molar-refractivity contribution in [1.29, 1.82) is 0 Å². The van der Waals surface area contributed by atoms with Gasteiger partial charge in [0.15, 0.2) is 0 Å². The van der Waals surface area contributed by atoms with E-state index < -0.39 is 0 Å². The molecule has 1 fully saturated rings. The summed E-state index contributed by atoms with van der Waals surface area (Å²) in [6.07, 6.45) is 2.81. The van der Waals surface area contributed by atoms with Crippen LogP contribution in [0.1, 0.15) is 69.9 Å². The Morgan fingerprint density at radius 1 is 1.30 bits per heavy atom. The van der Waals surface area contributed by atoms with Crippen LogP contribution >= 0.6 is 0 Å². The monoisotopic (exact) mass is 317 g/mol. The second-order valence-corrected chi connectivity index (χ2v) is 7.99. The molecule has 1 amide bonds. The van der Waals surface area contributed by atoms with Crippen LogP contribution in [0.25, 0.3) is 0 Å². The molecule has 1 saturated carbocycles. The third kappa shape index (κ3) is 5.07. The molecule has 1 aliphatic carbocycles. The maximum absolute atomic E-state index is 12.2. The predicted molar refractivity (Wildman–Crippen MR) is 94.5 cm³/mol. The molecule has 128 valence electrons. The van der Waals surface area contributed by atoms with E-state index in [4.69, 9.17) is 0 Å². The molecule has 0 aliphatic heterocycles. The van der Waals surface area contributed by atoms with E-state index in [1.807, 2.05) is 13.8 Å². The highest BCUT2D eigenvalue weighted by Gasteiger charge is 2.43. The van der Waals surface area contributed by atoms with Crippen molar-refractivity contribution in [3.63, 3.8) is 0 Å². The Morgan fingerprint density at radius 3 is 2.52 bits per heavy atom. The van der Waals surface area contributed by atoms with Crippen molar-refractivity contribution in [2.75, 3.05) is 13.2 Å². The van der Waals surface area contributed by atoms with Crippen molar-refractivity contribution in [3.8, 4) is 0 Å². The maximum Gasteiger partial charge on any atom is 0.223 e. The SMILES string of the molecule is CC(C)c1ccc(C2CC2C(=O)NCCCC(C)(C)CO)cc1. The number of aliphatic hydroxyl groups excluding tert-OH is 1. The molecule has 3 nitrogen and oxygen atoms in total. The number of hydrogen-bond acceptors (Lipinski definition) is 2. The van der Waals surface area contributed by atoms with E-state index in [1.165, 1.54) is 11.1 Å². The number of hydrogen-bond donors (Lipinski definition) is 2. The first-order chi connectivity index (χ1) is 10.8. The van der Waals surface area contributed by atoms with Crippen molar-refractivity contribution in [2.24, 2.45) is 11.3 Å². The van der Waals surface area contributed by atoms with Crippen LogP contribution in [0.2, 0.25) is 0 Å². The fourth-order valence-electron chi connectivity index (χ4n) is 2.97. The number of nitrogens with one attached hydrogen (secondary N) is 1. The van der Waals surface area contributed by atoms with E-state index in [0.29, 0.717) is 18.4 Å². The van der Waals surface area contributed by atoms with Crippen LogP contribution in [0.4, 0.5) is 0 Å². The molecule has 1 aliphatic rings. The molecule has 0 aromatic heterocycles. The van der Waals surface area contributed by atoms with Gasteiger partial charge in [0.1, 0.15) is 0 Å². The van der Waals surface area contributed by atoms with Gasteiger partial charge in [-0.1, -0.05) is 52.0 Å². The summed E-state index contributed by atoms with van der Waals surface area (Å²) in [5.41, 5.74) is 2.59. The molecule has 0 bridgehead atoms. The van der Waals surface area contributed by atoms with E-state index in [9.17, 15) is 9.90 Å². The molecule has 3 heteroatoms. The number of benzene rings is 1. The average Bonchev–Trinajstić information content (AvgIpc) is 3.32. The Balaban J connectivity index is 1.74. The highest BCUT2D eigenvalue weighted by molar-refractivity contribution is 5.82. The molecular weight excluding hydrogens is 286 g/mol. The fraction of sp³-hybridized carbons (Fsp3) is 0.650. The van der Waals surface area contributed by atoms with E-state index in [1.54, 1.807) is 0 Å². The highest BCUT2D eigenvalue weighted by atomic mass is 16.3. The second kappa shape index (κ2) is 7.48. The van der Waals surface area contributed by atoms with E-state index in [0.717, 1.165) is 19.3 Å². The summed E-state index contributed by atoms with van der Waals surface area (Å²) in [5.74, 6) is 1.27. The number of carbonyl (C=O) groups excluding carboxylic acids is 1. The van der Waals surface area contributed by atoms with Crippen molar-refractivity contribution in [1.82, 2.24) is 5.32 Å². The van der Waals surface area contributed by atoms with Gasteiger partial charge in [0, 0.05) is 19.1 Å². The van der Waals surface area contributed by atoms with Crippen molar-refractivity contribution < 1.29 is 9.90 Å². The minimum absolute atomic E-state index is 0.0506. The first-order valence-electron chi connectivity index (χ1n) is 8.82. The zero-order valence-electron chi connectivity index (χ0n) is 14.9. The lowest BCUT2D eigenvalue weighted by molar-refractivity contribution is -0.122. The molecule has 1 aromatic rings. The third-order valence-electron chi connectivity index (χ3n) is 4.92. The minimum Gasteiger partial charge on any atom is -0.396 e. The lowest BCUT2D eigenvalue weighted by Crippen LogP contribution is -2.28. The van der Waals surface area contributed by atoms with Gasteiger partial charge in [-0.15, -0.1) is 0 Å². The minimum atomic E-state index is -0.0506. The summed E-state index contributed by atoms with van der Waals surface area (Å²) < 4.78 is 0. The van der Waals surface area contributed by atoms with Crippen LogP contribution in [-0.4, -0.2) is 24.2 Å². The van der Waals surface area contributed by atoms with E-state index >= 15 is 0 Å². The van der Waals surface area contributed by atoms with Crippen LogP contribution in [0.15, 0.2) is 24.3 Å². The molecule has 0 spiro atoms. The van der Waals surface area contributed by atoms with Crippen LogP contribution < -0.4 is 5.32 Å². The molecule has 0 saturated heterocycles. The van der Waals surface area contributed by atoms with E-state index in [-0.39, 0.29) is 23.8 Å². The van der Waals surface area contributed by atoms with Crippen molar-refractivity contribution in [3.05, 3.63) is 35.4 Å². The van der Waals surface area contributed by atoms with Gasteiger partial charge in [-0.2, -0.15) is 0 Å². The quantitative estimate of drug-likeness (QED) is 0.716. The predicted octanol–water partition coefficient (Wildman–Crippen LogP) is 3.83. The molecule has 2 N–H and O–H groups in total. The van der Waals surface area contributed by atoms with Gasteiger partial charge in [0.05, 0.1) is 0 Å². The zero-order valence-corrected chi connectivity index (χ0v) is 14.9. The Hall–Kier alpha value is -1.35. The number of carbonyl (C=O) groups is 1. The fourth-order valence-corrected chi connectivity index (χ4v) is 2.97. The molecule has 23 heavy (non-hydrogen) atoms. The van der Waals surface area contributed by atoms with E-state index in [2.05, 4.69) is 43.4 Å². The molecule has 0 heterocycles. The summed E-state index contributed by atoms with van der Waals surface area (Å²) in [4.78, 5) is 12.2. The van der Waals surface area contributed by atoms with Gasteiger partial charge in [0.2, 0.25) is 5.91 Å². The van der Waals surface area contributed by atoms with Gasteiger partial charge in [-0.3, -0.25) is 4.79 Å². The molecule has 1 aromatic carbocycles. The average molecular weight is 317 g/mol. The van der Waals surface area contributed by atoms with Crippen LogP contribution in [0.3, 0.4) is 0 Å². The Labute approximate surface area is 140 Å². The Kier molecular flexibility index (Phi) is 5.85. The normalized spacial score (nSPS) is 20.6. The summed E-state index contributed by atoms with van der Waals surface area (Å²) in [6, 6.07) is 8.72. The smallest absolute Gasteiger partial charge is 0.223 e. The van der Waals surface area contributed by atoms with Gasteiger partial charge in [-0.25, -0.2) is 0 Å². The Morgan fingerprint density at radius 2 is 1.96 bits per heavy atom. The topological polar surface area (TPSA) is 49.3 Å². The summed E-state index contributed by atoms with van der Waals surface area (Å²) in [5, 5.41) is 12.3. The first-order valence-corrected chi connectivity index (χ1v) is 8.82. The maximum atomic E-state index is 12.2.